The van der Waals surface area contributed by atoms with Crippen LogP contribution in [0.25, 0.3) is 0 Å². The number of aromatic nitrogens is 3. The largest absolute Gasteiger partial charge is 0.366 e. The number of rotatable bonds is 6. The maximum Gasteiger partial charge on any atom is 0.250 e. The summed E-state index contributed by atoms with van der Waals surface area (Å²) in [6.07, 6.45) is 4.34. The lowest BCUT2D eigenvalue weighted by atomic mass is 10.1. The van der Waals surface area contributed by atoms with Crippen LogP contribution >= 0.6 is 11.6 Å². The molecule has 0 aliphatic heterocycles. The van der Waals surface area contributed by atoms with Crippen molar-refractivity contribution in [3.05, 3.63) is 35.1 Å². The number of pyridine rings is 1. The molecule has 2 aromatic rings. The molecule has 6 nitrogen and oxygen atoms in total. The van der Waals surface area contributed by atoms with Crippen LogP contribution in [0.1, 0.15) is 30.6 Å². The van der Waals surface area contributed by atoms with E-state index in [1.165, 1.54) is 12.3 Å². The van der Waals surface area contributed by atoms with E-state index in [2.05, 4.69) is 29.2 Å². The Hall–Kier alpha value is -2.08. The van der Waals surface area contributed by atoms with Crippen molar-refractivity contribution in [2.45, 2.75) is 26.8 Å². The number of hydrogen-bond donors (Lipinski definition) is 2. The summed E-state index contributed by atoms with van der Waals surface area (Å²) in [4.78, 5) is 15.1. The molecule has 0 atom stereocenters. The van der Waals surface area contributed by atoms with Gasteiger partial charge in [-0.2, -0.15) is 5.10 Å². The molecule has 0 aliphatic rings. The number of primary amides is 1. The number of amides is 1. The molecule has 1 amide bonds. The fourth-order valence-electron chi connectivity index (χ4n) is 1.73. The molecule has 0 radical (unpaired) electrons. The van der Waals surface area contributed by atoms with Gasteiger partial charge in [0, 0.05) is 25.0 Å². The third-order valence-electron chi connectivity index (χ3n) is 2.95. The van der Waals surface area contributed by atoms with E-state index in [4.69, 9.17) is 17.3 Å². The summed E-state index contributed by atoms with van der Waals surface area (Å²) in [5, 5.41) is 7.73. The zero-order valence-electron chi connectivity index (χ0n) is 12.0. The summed E-state index contributed by atoms with van der Waals surface area (Å²) in [7, 11) is 0. The quantitative estimate of drug-likeness (QED) is 0.859. The van der Waals surface area contributed by atoms with Gasteiger partial charge in [-0.3, -0.25) is 9.48 Å². The number of hydrogen-bond acceptors (Lipinski definition) is 4. The van der Waals surface area contributed by atoms with Gasteiger partial charge in [-0.1, -0.05) is 25.4 Å². The van der Waals surface area contributed by atoms with Crippen molar-refractivity contribution in [2.75, 3.05) is 5.32 Å². The standard InChI is InChI=1S/C14H18ClN5O/c1-9(2)3-5-20-6-4-12(19-20)18-14-11(15)7-10(8-17-14)13(16)21/h4,6-9H,3,5H2,1-2H3,(H2,16,21)(H,17,18,19). The minimum absolute atomic E-state index is 0.271. The van der Waals surface area contributed by atoms with Crippen LogP contribution in [0.4, 0.5) is 11.6 Å². The van der Waals surface area contributed by atoms with Crippen molar-refractivity contribution in [3.8, 4) is 0 Å². The number of nitrogens with two attached hydrogens (primary N) is 1. The smallest absolute Gasteiger partial charge is 0.250 e. The van der Waals surface area contributed by atoms with Gasteiger partial charge in [0.15, 0.2) is 5.82 Å². The van der Waals surface area contributed by atoms with Crippen molar-refractivity contribution in [2.24, 2.45) is 11.7 Å². The van der Waals surface area contributed by atoms with Crippen molar-refractivity contribution >= 4 is 29.1 Å². The molecule has 0 saturated heterocycles. The van der Waals surface area contributed by atoms with Gasteiger partial charge >= 0.3 is 0 Å². The molecule has 0 saturated carbocycles. The Kier molecular flexibility index (Phi) is 4.80. The minimum Gasteiger partial charge on any atom is -0.366 e. The van der Waals surface area contributed by atoms with Crippen molar-refractivity contribution in [3.63, 3.8) is 0 Å². The molecule has 7 heteroatoms. The first-order valence-corrected chi connectivity index (χ1v) is 7.09. The number of carbonyl (C=O) groups excluding carboxylic acids is 1. The summed E-state index contributed by atoms with van der Waals surface area (Å²) in [6, 6.07) is 3.33. The highest BCUT2D eigenvalue weighted by molar-refractivity contribution is 6.33. The molecular weight excluding hydrogens is 290 g/mol. The molecule has 0 spiro atoms. The molecule has 2 rings (SSSR count). The highest BCUT2D eigenvalue weighted by atomic mass is 35.5. The second kappa shape index (κ2) is 6.58. The monoisotopic (exact) mass is 307 g/mol. The van der Waals surface area contributed by atoms with Crippen molar-refractivity contribution in [1.29, 1.82) is 0 Å². The van der Waals surface area contributed by atoms with Crippen LogP contribution in [-0.2, 0) is 6.54 Å². The summed E-state index contributed by atoms with van der Waals surface area (Å²) in [5.41, 5.74) is 5.44. The van der Waals surface area contributed by atoms with E-state index in [0.29, 0.717) is 22.6 Å². The number of nitrogens with zero attached hydrogens (tertiary/aromatic N) is 3. The van der Waals surface area contributed by atoms with Gasteiger partial charge in [0.1, 0.15) is 5.82 Å². The summed E-state index contributed by atoms with van der Waals surface area (Å²) in [5.74, 6) is 1.16. The molecule has 2 aromatic heterocycles. The molecule has 0 bridgehead atoms. The zero-order valence-corrected chi connectivity index (χ0v) is 12.8. The summed E-state index contributed by atoms with van der Waals surface area (Å²) < 4.78 is 1.87. The third kappa shape index (κ3) is 4.19. The second-order valence-corrected chi connectivity index (χ2v) is 5.60. The average Bonchev–Trinajstić information content (AvgIpc) is 2.86. The van der Waals surface area contributed by atoms with E-state index in [1.807, 2.05) is 16.9 Å². The first-order chi connectivity index (χ1) is 9.95. The fraction of sp³-hybridized carbons (Fsp3) is 0.357. The molecule has 0 fully saturated rings. The Labute approximate surface area is 128 Å². The maximum atomic E-state index is 11.0. The lowest BCUT2D eigenvalue weighted by Crippen LogP contribution is -2.11. The molecule has 0 aromatic carbocycles. The molecule has 2 heterocycles. The van der Waals surface area contributed by atoms with E-state index in [0.717, 1.165) is 13.0 Å². The van der Waals surface area contributed by atoms with Gasteiger partial charge in [-0.05, 0) is 18.4 Å². The van der Waals surface area contributed by atoms with Gasteiger partial charge in [0.05, 0.1) is 10.6 Å². The molecular formula is C14H18ClN5O. The summed E-state index contributed by atoms with van der Waals surface area (Å²) >= 11 is 6.07. The molecule has 112 valence electrons. The van der Waals surface area contributed by atoms with Gasteiger partial charge in [-0.25, -0.2) is 4.98 Å². The predicted octanol–water partition coefficient (Wildman–Crippen LogP) is 2.82. The Balaban J connectivity index is 2.06. The fourth-order valence-corrected chi connectivity index (χ4v) is 1.94. The Morgan fingerprint density at radius 2 is 2.29 bits per heavy atom. The zero-order chi connectivity index (χ0) is 15.4. The first-order valence-electron chi connectivity index (χ1n) is 6.71. The normalized spacial score (nSPS) is 10.9. The number of aryl methyl sites for hydroxylation is 1. The summed E-state index contributed by atoms with van der Waals surface area (Å²) in [6.45, 7) is 5.21. The van der Waals surface area contributed by atoms with Crippen LogP contribution in [0.2, 0.25) is 5.02 Å². The minimum atomic E-state index is -0.561. The van der Waals surface area contributed by atoms with Crippen molar-refractivity contribution < 1.29 is 4.79 Å². The van der Waals surface area contributed by atoms with Crippen LogP contribution in [0.3, 0.4) is 0 Å². The Morgan fingerprint density at radius 1 is 1.52 bits per heavy atom. The van der Waals surface area contributed by atoms with Crippen LogP contribution in [-0.4, -0.2) is 20.7 Å². The van der Waals surface area contributed by atoms with E-state index in [9.17, 15) is 4.79 Å². The third-order valence-corrected chi connectivity index (χ3v) is 3.24. The van der Waals surface area contributed by atoms with E-state index in [-0.39, 0.29) is 5.56 Å². The molecule has 0 aliphatic carbocycles. The number of nitrogens with one attached hydrogen (secondary N) is 1. The van der Waals surface area contributed by atoms with Gasteiger partial charge < -0.3 is 11.1 Å². The molecule has 21 heavy (non-hydrogen) atoms. The maximum absolute atomic E-state index is 11.0. The number of anilines is 2. The number of carbonyl (C=O) groups is 1. The lowest BCUT2D eigenvalue weighted by Gasteiger charge is -2.06. The van der Waals surface area contributed by atoms with Crippen molar-refractivity contribution in [1.82, 2.24) is 14.8 Å². The second-order valence-electron chi connectivity index (χ2n) is 5.19. The van der Waals surface area contributed by atoms with Crippen LogP contribution in [0.5, 0.6) is 0 Å². The van der Waals surface area contributed by atoms with Crippen LogP contribution in [0, 0.1) is 5.92 Å². The molecule has 0 unspecified atom stereocenters. The van der Waals surface area contributed by atoms with Gasteiger partial charge in [-0.15, -0.1) is 0 Å². The average molecular weight is 308 g/mol. The van der Waals surface area contributed by atoms with Gasteiger partial charge in [0.25, 0.3) is 0 Å². The van der Waals surface area contributed by atoms with Crippen LogP contribution < -0.4 is 11.1 Å². The highest BCUT2D eigenvalue weighted by Gasteiger charge is 2.09. The Bertz CT molecular complexity index is 638. The topological polar surface area (TPSA) is 85.8 Å². The molecule has 3 N–H and O–H groups in total. The Morgan fingerprint density at radius 3 is 2.90 bits per heavy atom. The predicted molar refractivity (Wildman–Crippen MR) is 82.7 cm³/mol. The lowest BCUT2D eigenvalue weighted by molar-refractivity contribution is 0.1000. The first kappa shape index (κ1) is 15.3. The van der Waals surface area contributed by atoms with E-state index in [1.54, 1.807) is 0 Å². The highest BCUT2D eigenvalue weighted by Crippen LogP contribution is 2.23. The van der Waals surface area contributed by atoms with Gasteiger partial charge in [0.2, 0.25) is 5.91 Å². The van der Waals surface area contributed by atoms with E-state index >= 15 is 0 Å². The number of halogens is 1. The van der Waals surface area contributed by atoms with Crippen LogP contribution in [0.15, 0.2) is 24.5 Å². The van der Waals surface area contributed by atoms with E-state index < -0.39 is 5.91 Å². The SMILES string of the molecule is CC(C)CCn1ccc(Nc2ncc(C(N)=O)cc2Cl)n1.